The predicted molar refractivity (Wildman–Crippen MR) is 63.1 cm³/mol. The van der Waals surface area contributed by atoms with E-state index in [4.69, 9.17) is 0 Å². The zero-order chi connectivity index (χ0) is 12.3. The minimum absolute atomic E-state index is 0.104. The first-order valence-corrected chi connectivity index (χ1v) is 5.28. The Hall–Kier alpha value is -1.02. The van der Waals surface area contributed by atoms with E-state index in [1.807, 2.05) is 6.92 Å². The molecule has 0 N–H and O–H groups in total. The van der Waals surface area contributed by atoms with Crippen molar-refractivity contribution in [3.63, 3.8) is 0 Å². The van der Waals surface area contributed by atoms with Gasteiger partial charge in [-0.05, 0) is 27.9 Å². The van der Waals surface area contributed by atoms with Gasteiger partial charge in [0.25, 0.3) is 0 Å². The van der Waals surface area contributed by atoms with Crippen LogP contribution < -0.4 is 4.67 Å². The molecule has 0 amide bonds. The van der Waals surface area contributed by atoms with Gasteiger partial charge in [0.05, 0.1) is 11.3 Å². The van der Waals surface area contributed by atoms with Crippen molar-refractivity contribution in [2.75, 3.05) is 4.67 Å². The summed E-state index contributed by atoms with van der Waals surface area (Å²) >= 11 is 0. The van der Waals surface area contributed by atoms with Gasteiger partial charge in [-0.3, -0.25) is 0 Å². The maximum absolute atomic E-state index is 12.7. The molecule has 1 unspecified atom stereocenters. The van der Waals surface area contributed by atoms with Crippen LogP contribution in [-0.4, -0.2) is 0 Å². The third kappa shape index (κ3) is 2.76. The molecule has 1 atom stereocenters. The second-order valence-corrected chi connectivity index (χ2v) is 3.82. The van der Waals surface area contributed by atoms with Crippen LogP contribution in [-0.2, 0) is 6.18 Å². The lowest BCUT2D eigenvalue weighted by molar-refractivity contribution is -0.137. The molecule has 0 radical (unpaired) electrons. The van der Waals surface area contributed by atoms with Crippen molar-refractivity contribution < 1.29 is 13.2 Å². The van der Waals surface area contributed by atoms with Crippen LogP contribution in [0.5, 0.6) is 0 Å². The third-order valence-electron chi connectivity index (χ3n) is 2.22. The maximum Gasteiger partial charge on any atom is 0.418 e. The summed E-state index contributed by atoms with van der Waals surface area (Å²) in [5.41, 5.74) is 0.0631. The monoisotopic (exact) mass is 247 g/mol. The number of allylic oxidation sites excluding steroid dienone is 1. The van der Waals surface area contributed by atoms with Crippen LogP contribution in [0.1, 0.15) is 18.9 Å². The zero-order valence-electron chi connectivity index (χ0n) is 8.88. The molecule has 1 rings (SSSR count). The second-order valence-electron chi connectivity index (χ2n) is 3.30. The maximum atomic E-state index is 12.7. The van der Waals surface area contributed by atoms with Crippen molar-refractivity contribution in [1.82, 2.24) is 0 Å². The van der Waals surface area contributed by atoms with Gasteiger partial charge >= 0.3 is 6.18 Å². The van der Waals surface area contributed by atoms with E-state index >= 15 is 0 Å². The topological polar surface area (TPSA) is 3.24 Å². The summed E-state index contributed by atoms with van der Waals surface area (Å²) < 4.78 is 39.5. The van der Waals surface area contributed by atoms with Gasteiger partial charge in [-0.1, -0.05) is 25.6 Å². The molecule has 0 heterocycles. The molecular weight excluding hydrogens is 234 g/mol. The van der Waals surface area contributed by atoms with E-state index < -0.39 is 11.7 Å². The Morgan fingerprint density at radius 3 is 2.44 bits per heavy atom. The van der Waals surface area contributed by atoms with E-state index in [0.717, 1.165) is 6.07 Å². The van der Waals surface area contributed by atoms with Gasteiger partial charge in [0.15, 0.2) is 0 Å². The molecule has 0 aliphatic carbocycles. The van der Waals surface area contributed by atoms with E-state index in [1.54, 1.807) is 6.07 Å². The molecule has 0 saturated heterocycles. The Balaban J connectivity index is 3.19. The summed E-state index contributed by atoms with van der Waals surface area (Å²) in [5, 5.41) is 0. The second kappa shape index (κ2) is 4.88. The molecule has 1 aromatic carbocycles. The van der Waals surface area contributed by atoms with Gasteiger partial charge in [0, 0.05) is 5.70 Å². The Bertz CT molecular complexity index is 387. The molecule has 0 fully saturated rings. The standard InChI is InChI=1S/C11H13F3NP/c1-3-8(2)15(16)10-7-5-4-6-9(10)11(12,13)14/h4-7H,2-3,16H2,1H3. The Morgan fingerprint density at radius 2 is 1.94 bits per heavy atom. The zero-order valence-corrected chi connectivity index (χ0v) is 10.0. The number of alkyl halides is 3. The van der Waals surface area contributed by atoms with Crippen LogP contribution in [0.2, 0.25) is 0 Å². The average molecular weight is 247 g/mol. The Labute approximate surface area is 95.2 Å². The van der Waals surface area contributed by atoms with Crippen molar-refractivity contribution in [3.8, 4) is 0 Å². The fourth-order valence-electron chi connectivity index (χ4n) is 1.26. The highest BCUT2D eigenvalue weighted by molar-refractivity contribution is 7.19. The Morgan fingerprint density at radius 1 is 1.38 bits per heavy atom. The van der Waals surface area contributed by atoms with Crippen LogP contribution in [0.15, 0.2) is 36.5 Å². The molecule has 0 aliphatic rings. The van der Waals surface area contributed by atoms with Crippen LogP contribution in [0.3, 0.4) is 0 Å². The fourth-order valence-corrected chi connectivity index (χ4v) is 1.67. The van der Waals surface area contributed by atoms with Gasteiger partial charge in [-0.25, -0.2) is 0 Å². The quantitative estimate of drug-likeness (QED) is 0.722. The smallest absolute Gasteiger partial charge is 0.330 e. The van der Waals surface area contributed by atoms with Crippen LogP contribution in [0.25, 0.3) is 0 Å². The molecule has 0 bridgehead atoms. The molecule has 5 heteroatoms. The lowest BCUT2D eigenvalue weighted by atomic mass is 10.1. The number of benzene rings is 1. The van der Waals surface area contributed by atoms with Crippen molar-refractivity contribution >= 4 is 15.1 Å². The highest BCUT2D eigenvalue weighted by Gasteiger charge is 2.34. The van der Waals surface area contributed by atoms with E-state index in [-0.39, 0.29) is 5.69 Å². The molecule has 0 saturated carbocycles. The SMILES string of the molecule is C=C(CC)N(P)c1ccccc1C(F)(F)F. The first-order chi connectivity index (χ1) is 7.38. The minimum Gasteiger partial charge on any atom is -0.330 e. The number of anilines is 1. The number of hydrogen-bond donors (Lipinski definition) is 0. The molecule has 1 nitrogen and oxygen atoms in total. The van der Waals surface area contributed by atoms with Crippen molar-refractivity contribution in [3.05, 3.63) is 42.1 Å². The summed E-state index contributed by atoms with van der Waals surface area (Å²) in [7, 11) is 2.26. The van der Waals surface area contributed by atoms with Gasteiger partial charge in [-0.2, -0.15) is 13.2 Å². The number of hydrogen-bond acceptors (Lipinski definition) is 1. The summed E-state index contributed by atoms with van der Waals surface area (Å²) in [5.74, 6) is 0. The average Bonchev–Trinajstić information content (AvgIpc) is 2.26. The summed E-state index contributed by atoms with van der Waals surface area (Å²) in [6, 6.07) is 5.44. The largest absolute Gasteiger partial charge is 0.418 e. The number of rotatable bonds is 3. The lowest BCUT2D eigenvalue weighted by Crippen LogP contribution is -2.14. The fraction of sp³-hybridized carbons (Fsp3) is 0.273. The van der Waals surface area contributed by atoms with Crippen LogP contribution in [0.4, 0.5) is 18.9 Å². The minimum atomic E-state index is -4.35. The lowest BCUT2D eigenvalue weighted by Gasteiger charge is -2.24. The molecular formula is C11H13F3NP. The normalized spacial score (nSPS) is 11.3. The van der Waals surface area contributed by atoms with E-state index in [2.05, 4.69) is 16.0 Å². The van der Waals surface area contributed by atoms with E-state index in [0.29, 0.717) is 12.1 Å². The van der Waals surface area contributed by atoms with Gasteiger partial charge < -0.3 is 4.67 Å². The predicted octanol–water partition coefficient (Wildman–Crippen LogP) is 4.23. The first-order valence-electron chi connectivity index (χ1n) is 4.76. The van der Waals surface area contributed by atoms with Crippen molar-refractivity contribution in [2.24, 2.45) is 0 Å². The summed E-state index contributed by atoms with van der Waals surface area (Å²) in [6.45, 7) is 5.55. The van der Waals surface area contributed by atoms with Crippen molar-refractivity contribution in [2.45, 2.75) is 19.5 Å². The van der Waals surface area contributed by atoms with Gasteiger partial charge in [0.1, 0.15) is 0 Å². The van der Waals surface area contributed by atoms with E-state index in [1.165, 1.54) is 16.8 Å². The number of para-hydroxylation sites is 1. The number of halogens is 3. The summed E-state index contributed by atoms with van der Waals surface area (Å²) in [4.78, 5) is 0. The van der Waals surface area contributed by atoms with Crippen molar-refractivity contribution in [1.29, 1.82) is 0 Å². The molecule has 0 spiro atoms. The molecule has 16 heavy (non-hydrogen) atoms. The van der Waals surface area contributed by atoms with Gasteiger partial charge in [-0.15, -0.1) is 0 Å². The molecule has 88 valence electrons. The summed E-state index contributed by atoms with van der Waals surface area (Å²) in [6.07, 6.45) is -3.75. The molecule has 1 aromatic rings. The number of nitrogens with zero attached hydrogens (tertiary/aromatic N) is 1. The first kappa shape index (κ1) is 13.0. The van der Waals surface area contributed by atoms with Gasteiger partial charge in [0.2, 0.25) is 0 Å². The highest BCUT2D eigenvalue weighted by atomic mass is 31.0. The molecule has 0 aromatic heterocycles. The highest BCUT2D eigenvalue weighted by Crippen LogP contribution is 2.38. The molecule has 0 aliphatic heterocycles. The Kier molecular flexibility index (Phi) is 3.98. The van der Waals surface area contributed by atoms with E-state index in [9.17, 15) is 13.2 Å². The van der Waals surface area contributed by atoms with Crippen LogP contribution in [0, 0.1) is 0 Å². The van der Waals surface area contributed by atoms with Crippen LogP contribution >= 0.6 is 9.39 Å². The third-order valence-corrected chi connectivity index (χ3v) is 2.86.